The lowest BCUT2D eigenvalue weighted by atomic mass is 9.81. The fourth-order valence-electron chi connectivity index (χ4n) is 3.02. The van der Waals surface area contributed by atoms with Crippen molar-refractivity contribution in [1.29, 1.82) is 0 Å². The van der Waals surface area contributed by atoms with Crippen molar-refractivity contribution in [3.05, 3.63) is 29.8 Å². The van der Waals surface area contributed by atoms with Crippen LogP contribution in [0.4, 0.5) is 0 Å². The Labute approximate surface area is 145 Å². The normalized spacial score (nSPS) is 25.0. The van der Waals surface area contributed by atoms with Crippen molar-refractivity contribution >= 4 is 10.0 Å². The first-order valence-corrected chi connectivity index (χ1v) is 10.4. The van der Waals surface area contributed by atoms with Crippen LogP contribution in [0.3, 0.4) is 0 Å². The maximum Gasteiger partial charge on any atom is 0.211 e. The van der Waals surface area contributed by atoms with Gasteiger partial charge in [0.25, 0.3) is 0 Å². The van der Waals surface area contributed by atoms with Gasteiger partial charge in [0, 0.05) is 0 Å². The van der Waals surface area contributed by atoms with Gasteiger partial charge >= 0.3 is 0 Å². The highest BCUT2D eigenvalue weighted by molar-refractivity contribution is 7.89. The summed E-state index contributed by atoms with van der Waals surface area (Å²) in [4.78, 5) is 0. The monoisotopic (exact) mass is 355 g/mol. The molecule has 0 heterocycles. The van der Waals surface area contributed by atoms with Crippen LogP contribution in [-0.4, -0.2) is 37.5 Å². The summed E-state index contributed by atoms with van der Waals surface area (Å²) in [6.07, 6.45) is 2.94. The van der Waals surface area contributed by atoms with E-state index in [1.54, 1.807) is 6.92 Å². The Morgan fingerprint density at radius 1 is 1.29 bits per heavy atom. The first-order chi connectivity index (χ1) is 11.3. The molecule has 2 N–H and O–H groups in total. The quantitative estimate of drug-likeness (QED) is 0.789. The lowest BCUT2D eigenvalue weighted by Crippen LogP contribution is -2.57. The topological polar surface area (TPSA) is 75.6 Å². The van der Waals surface area contributed by atoms with Crippen molar-refractivity contribution in [2.45, 2.75) is 64.0 Å². The molecule has 1 aliphatic carbocycles. The van der Waals surface area contributed by atoms with Crippen LogP contribution in [0.1, 0.15) is 57.9 Å². The van der Waals surface area contributed by atoms with E-state index in [-0.39, 0.29) is 12.4 Å². The largest absolute Gasteiger partial charge is 0.491 e. The number of rotatable bonds is 7. The van der Waals surface area contributed by atoms with Crippen molar-refractivity contribution in [2.75, 3.05) is 12.4 Å². The van der Waals surface area contributed by atoms with E-state index in [1.807, 2.05) is 24.3 Å². The van der Waals surface area contributed by atoms with E-state index >= 15 is 0 Å². The second-order valence-electron chi connectivity index (χ2n) is 6.94. The van der Waals surface area contributed by atoms with Crippen LogP contribution in [0, 0.1) is 0 Å². The van der Waals surface area contributed by atoms with E-state index in [0.29, 0.717) is 24.5 Å². The summed E-state index contributed by atoms with van der Waals surface area (Å²) in [6, 6.07) is 7.33. The number of sulfonamides is 1. The summed E-state index contributed by atoms with van der Waals surface area (Å²) in [5, 5.41) is 10.9. The summed E-state index contributed by atoms with van der Waals surface area (Å²) in [6.45, 7) is 5.94. The molecule has 2 rings (SSSR count). The maximum atomic E-state index is 11.9. The van der Waals surface area contributed by atoms with Crippen LogP contribution in [0.15, 0.2) is 24.3 Å². The minimum Gasteiger partial charge on any atom is -0.491 e. The molecule has 0 amide bonds. The molecular weight excluding hydrogens is 326 g/mol. The SMILES string of the molecule is CCS(=O)(=O)N[C@H]1CCCC[C@@]1(O)COc1ccc(C(C)C)cc1. The van der Waals surface area contributed by atoms with Crippen molar-refractivity contribution in [3.8, 4) is 5.75 Å². The molecule has 136 valence electrons. The Kier molecular flexibility index (Phi) is 6.28. The third kappa shape index (κ3) is 4.94. The molecular formula is C18H29NO4S. The number of hydrogen-bond acceptors (Lipinski definition) is 4. The van der Waals surface area contributed by atoms with Gasteiger partial charge in [0.1, 0.15) is 18.0 Å². The second kappa shape index (κ2) is 7.85. The summed E-state index contributed by atoms with van der Waals surface area (Å²) < 4.78 is 32.2. The lowest BCUT2D eigenvalue weighted by molar-refractivity contribution is -0.0535. The van der Waals surface area contributed by atoms with E-state index in [4.69, 9.17) is 4.74 Å². The van der Waals surface area contributed by atoms with Crippen LogP contribution < -0.4 is 9.46 Å². The summed E-state index contributed by atoms with van der Waals surface area (Å²) >= 11 is 0. The second-order valence-corrected chi connectivity index (χ2v) is 8.98. The third-order valence-electron chi connectivity index (χ3n) is 4.74. The van der Waals surface area contributed by atoms with Crippen LogP contribution in [0.5, 0.6) is 5.75 Å². The molecule has 1 saturated carbocycles. The van der Waals surface area contributed by atoms with Gasteiger partial charge < -0.3 is 9.84 Å². The van der Waals surface area contributed by atoms with Gasteiger partial charge in [-0.2, -0.15) is 0 Å². The van der Waals surface area contributed by atoms with E-state index < -0.39 is 21.7 Å². The van der Waals surface area contributed by atoms with Crippen LogP contribution >= 0.6 is 0 Å². The molecule has 0 unspecified atom stereocenters. The van der Waals surface area contributed by atoms with Gasteiger partial charge in [-0.25, -0.2) is 13.1 Å². The zero-order valence-electron chi connectivity index (χ0n) is 14.8. The predicted octanol–water partition coefficient (Wildman–Crippen LogP) is 2.80. The molecule has 1 aliphatic rings. The van der Waals surface area contributed by atoms with Gasteiger partial charge in [-0.1, -0.05) is 38.8 Å². The van der Waals surface area contributed by atoms with Crippen molar-refractivity contribution in [2.24, 2.45) is 0 Å². The summed E-state index contributed by atoms with van der Waals surface area (Å²) in [5.41, 5.74) is 0.0596. The molecule has 0 aromatic heterocycles. The fraction of sp³-hybridized carbons (Fsp3) is 0.667. The fourth-order valence-corrected chi connectivity index (χ4v) is 3.96. The Morgan fingerprint density at radius 2 is 1.96 bits per heavy atom. The highest BCUT2D eigenvalue weighted by Crippen LogP contribution is 2.30. The van der Waals surface area contributed by atoms with Crippen LogP contribution in [0.25, 0.3) is 0 Å². The van der Waals surface area contributed by atoms with Crippen LogP contribution in [-0.2, 0) is 10.0 Å². The zero-order chi connectivity index (χ0) is 17.8. The minimum atomic E-state index is -3.35. The van der Waals surface area contributed by atoms with Gasteiger partial charge in [0.2, 0.25) is 10.0 Å². The predicted molar refractivity (Wildman–Crippen MR) is 95.8 cm³/mol. The Bertz CT molecular complexity index is 627. The number of nitrogens with one attached hydrogen (secondary N) is 1. The molecule has 0 spiro atoms. The molecule has 1 aromatic carbocycles. The molecule has 5 nitrogen and oxygen atoms in total. The Morgan fingerprint density at radius 3 is 2.54 bits per heavy atom. The zero-order valence-corrected chi connectivity index (χ0v) is 15.6. The summed E-state index contributed by atoms with van der Waals surface area (Å²) in [7, 11) is -3.35. The third-order valence-corrected chi connectivity index (χ3v) is 6.14. The van der Waals surface area contributed by atoms with E-state index in [2.05, 4.69) is 18.6 Å². The van der Waals surface area contributed by atoms with E-state index in [0.717, 1.165) is 12.8 Å². The summed E-state index contributed by atoms with van der Waals surface area (Å²) in [5.74, 6) is 1.15. The van der Waals surface area contributed by atoms with Crippen LogP contribution in [0.2, 0.25) is 0 Å². The van der Waals surface area contributed by atoms with E-state index in [9.17, 15) is 13.5 Å². The smallest absolute Gasteiger partial charge is 0.211 e. The standard InChI is InChI=1S/C18H29NO4S/c1-4-24(21,22)19-17-7-5-6-12-18(17,20)13-23-16-10-8-15(9-11-16)14(2)3/h8-11,14,17,19-20H,4-7,12-13H2,1-3H3/t17-,18+/m0/s1. The van der Waals surface area contributed by atoms with Crippen molar-refractivity contribution in [1.82, 2.24) is 4.72 Å². The number of aliphatic hydroxyl groups is 1. The van der Waals surface area contributed by atoms with Gasteiger partial charge in [0.15, 0.2) is 0 Å². The molecule has 1 fully saturated rings. The van der Waals surface area contributed by atoms with Gasteiger partial charge in [-0.05, 0) is 43.4 Å². The van der Waals surface area contributed by atoms with Gasteiger partial charge in [-0.15, -0.1) is 0 Å². The minimum absolute atomic E-state index is 0.0110. The first kappa shape index (κ1) is 19.2. The molecule has 6 heteroatoms. The van der Waals surface area contributed by atoms with Crippen molar-refractivity contribution < 1.29 is 18.3 Å². The molecule has 0 saturated heterocycles. The molecule has 0 radical (unpaired) electrons. The highest BCUT2D eigenvalue weighted by Gasteiger charge is 2.41. The molecule has 2 atom stereocenters. The molecule has 0 bridgehead atoms. The molecule has 0 aliphatic heterocycles. The lowest BCUT2D eigenvalue weighted by Gasteiger charge is -2.39. The Hall–Kier alpha value is -1.11. The number of ether oxygens (including phenoxy) is 1. The average Bonchev–Trinajstić information content (AvgIpc) is 2.55. The van der Waals surface area contributed by atoms with Gasteiger partial charge in [0.05, 0.1) is 11.8 Å². The molecule has 24 heavy (non-hydrogen) atoms. The van der Waals surface area contributed by atoms with E-state index in [1.165, 1.54) is 5.56 Å². The molecule has 1 aromatic rings. The van der Waals surface area contributed by atoms with Gasteiger partial charge in [-0.3, -0.25) is 0 Å². The average molecular weight is 356 g/mol. The highest BCUT2D eigenvalue weighted by atomic mass is 32.2. The Balaban J connectivity index is 2.04. The number of benzene rings is 1. The van der Waals surface area contributed by atoms with Crippen molar-refractivity contribution in [3.63, 3.8) is 0 Å². The first-order valence-electron chi connectivity index (χ1n) is 8.71. The number of hydrogen-bond donors (Lipinski definition) is 2. The maximum absolute atomic E-state index is 11.9.